The molecule has 4 aromatic rings. The van der Waals surface area contributed by atoms with Gasteiger partial charge in [0.25, 0.3) is 0 Å². The second kappa shape index (κ2) is 13.1. The van der Waals surface area contributed by atoms with Crippen molar-refractivity contribution in [2.45, 2.75) is 51.9 Å². The number of hydrogen-bond donors (Lipinski definition) is 1. The molecule has 9 nitrogen and oxygen atoms in total. The number of aryl methyl sites for hydroxylation is 2. The number of benzene rings is 2. The number of carbonyl (C=O) groups excluding carboxylic acids is 1. The lowest BCUT2D eigenvalue weighted by Gasteiger charge is -2.36. The van der Waals surface area contributed by atoms with Crippen LogP contribution in [-0.4, -0.2) is 27.8 Å². The molecule has 0 spiro atoms. The van der Waals surface area contributed by atoms with E-state index in [-0.39, 0.29) is 39.9 Å². The van der Waals surface area contributed by atoms with Crippen molar-refractivity contribution in [2.24, 2.45) is 0 Å². The van der Waals surface area contributed by atoms with Gasteiger partial charge in [0, 0.05) is 29.9 Å². The van der Waals surface area contributed by atoms with E-state index in [2.05, 4.69) is 30.1 Å². The smallest absolute Gasteiger partial charge is 0.416 e. The number of hydrogen-bond acceptors (Lipinski definition) is 6. The molecule has 0 amide bonds. The van der Waals surface area contributed by atoms with Gasteiger partial charge in [-0.3, -0.25) is 4.90 Å². The van der Waals surface area contributed by atoms with Gasteiger partial charge >= 0.3 is 17.8 Å². The minimum Gasteiger partial charge on any atom is -1.00 e. The summed E-state index contributed by atoms with van der Waals surface area (Å²) in [5.74, 6) is -0.393. The van der Waals surface area contributed by atoms with E-state index in [1.165, 1.54) is 34.3 Å². The number of H-pyrrole nitrogens is 1. The van der Waals surface area contributed by atoms with Crippen molar-refractivity contribution in [1.29, 1.82) is 5.26 Å². The van der Waals surface area contributed by atoms with Crippen LogP contribution in [0.5, 0.6) is 0 Å². The number of carbonyl (C=O) groups is 1. The maximum atomic E-state index is 13.6. The second-order valence-electron chi connectivity index (χ2n) is 10.8. The first-order valence-electron chi connectivity index (χ1n) is 13.9. The van der Waals surface area contributed by atoms with Crippen LogP contribution in [0.15, 0.2) is 83.1 Å². The number of ether oxygens (including phenoxy) is 1. The SMILES string of the molecule is COC(=O)C1=C(C)N(c2cccc(C(F)(F)F)c2)c2n[nH]c(=O)n2[C@@H]1c1ccc(C#N)cc1CC[n+]1ccc(C(C)C)cc1.[Br-]. The van der Waals surface area contributed by atoms with E-state index in [1.807, 2.05) is 29.1 Å². The molecule has 234 valence electrons. The zero-order valence-electron chi connectivity index (χ0n) is 24.9. The maximum Gasteiger partial charge on any atom is 0.416 e. The number of nitrogens with zero attached hydrogens (tertiary/aromatic N) is 5. The predicted molar refractivity (Wildman–Crippen MR) is 155 cm³/mol. The van der Waals surface area contributed by atoms with Crippen molar-refractivity contribution in [3.8, 4) is 6.07 Å². The Morgan fingerprint density at radius 2 is 1.87 bits per heavy atom. The Morgan fingerprint density at radius 1 is 1.16 bits per heavy atom. The van der Waals surface area contributed by atoms with Crippen LogP contribution in [0.2, 0.25) is 0 Å². The lowest BCUT2D eigenvalue weighted by molar-refractivity contribution is -0.696. The summed E-state index contributed by atoms with van der Waals surface area (Å²) < 4.78 is 49.3. The van der Waals surface area contributed by atoms with Gasteiger partial charge in [-0.2, -0.15) is 18.4 Å². The molecule has 0 aliphatic carbocycles. The van der Waals surface area contributed by atoms with Gasteiger partial charge in [-0.15, -0.1) is 5.10 Å². The van der Waals surface area contributed by atoms with Crippen LogP contribution in [0, 0.1) is 11.3 Å². The Kier molecular flexibility index (Phi) is 9.68. The first-order chi connectivity index (χ1) is 20.9. The van der Waals surface area contributed by atoms with E-state index in [0.29, 0.717) is 35.6 Å². The molecule has 0 radical (unpaired) electrons. The molecule has 3 heterocycles. The van der Waals surface area contributed by atoms with Gasteiger partial charge in [-0.05, 0) is 59.9 Å². The first kappa shape index (κ1) is 33.2. The minimum absolute atomic E-state index is 0. The topological polar surface area (TPSA) is 108 Å². The number of esters is 1. The second-order valence-corrected chi connectivity index (χ2v) is 10.8. The minimum atomic E-state index is -4.62. The number of nitriles is 1. The lowest BCUT2D eigenvalue weighted by Crippen LogP contribution is -3.00. The third-order valence-electron chi connectivity index (χ3n) is 7.77. The largest absolute Gasteiger partial charge is 1.00 e. The van der Waals surface area contributed by atoms with Crippen LogP contribution >= 0.6 is 0 Å². The van der Waals surface area contributed by atoms with Crippen LogP contribution in [0.25, 0.3) is 0 Å². The molecule has 5 rings (SSSR count). The number of rotatable bonds is 7. The maximum absolute atomic E-state index is 13.6. The monoisotopic (exact) mass is 682 g/mol. The number of aromatic nitrogens is 4. The average molecular weight is 684 g/mol. The number of methoxy groups -OCH3 is 1. The summed E-state index contributed by atoms with van der Waals surface area (Å²) in [6, 6.07) is 14.7. The molecule has 1 N–H and O–H groups in total. The van der Waals surface area contributed by atoms with Crippen LogP contribution in [0.4, 0.5) is 24.8 Å². The molecular weight excluding hydrogens is 653 g/mol. The highest BCUT2D eigenvalue weighted by atomic mass is 79.9. The fraction of sp³-hybridized carbons (Fsp3) is 0.281. The Hall–Kier alpha value is -4.70. The van der Waals surface area contributed by atoms with Crippen molar-refractivity contribution >= 4 is 17.6 Å². The Bertz CT molecular complexity index is 1860. The molecule has 45 heavy (non-hydrogen) atoms. The zero-order chi connectivity index (χ0) is 31.8. The Balaban J connectivity index is 0.00000461. The van der Waals surface area contributed by atoms with Crippen molar-refractivity contribution in [1.82, 2.24) is 14.8 Å². The molecule has 1 aliphatic rings. The van der Waals surface area contributed by atoms with Crippen molar-refractivity contribution in [3.05, 3.63) is 117 Å². The zero-order valence-corrected chi connectivity index (χ0v) is 26.5. The summed E-state index contributed by atoms with van der Waals surface area (Å²) in [6.45, 7) is 6.32. The van der Waals surface area contributed by atoms with E-state index in [0.717, 1.165) is 12.1 Å². The van der Waals surface area contributed by atoms with E-state index in [4.69, 9.17) is 4.74 Å². The van der Waals surface area contributed by atoms with Crippen molar-refractivity contribution in [2.75, 3.05) is 12.0 Å². The van der Waals surface area contributed by atoms with E-state index in [9.17, 15) is 28.0 Å². The number of halogens is 4. The average Bonchev–Trinajstić information content (AvgIpc) is 3.39. The van der Waals surface area contributed by atoms with Crippen LogP contribution in [0.3, 0.4) is 0 Å². The highest BCUT2D eigenvalue weighted by molar-refractivity contribution is 5.93. The Labute approximate surface area is 268 Å². The summed E-state index contributed by atoms with van der Waals surface area (Å²) in [5, 5.41) is 16.2. The van der Waals surface area contributed by atoms with Gasteiger partial charge < -0.3 is 21.7 Å². The summed E-state index contributed by atoms with van der Waals surface area (Å²) in [5.41, 5.74) is 1.60. The molecule has 0 unspecified atom stereocenters. The number of alkyl halides is 3. The first-order valence-corrected chi connectivity index (χ1v) is 13.9. The fourth-order valence-corrected chi connectivity index (χ4v) is 5.49. The normalized spacial score (nSPS) is 14.6. The summed E-state index contributed by atoms with van der Waals surface area (Å²) in [6.07, 6.45) is -0.231. The molecule has 0 bridgehead atoms. The molecule has 0 saturated heterocycles. The molecule has 0 saturated carbocycles. The molecule has 13 heteroatoms. The lowest BCUT2D eigenvalue weighted by atomic mass is 9.89. The number of pyridine rings is 1. The quantitative estimate of drug-likeness (QED) is 0.237. The predicted octanol–water partition coefficient (Wildman–Crippen LogP) is 2.31. The van der Waals surface area contributed by atoms with Gasteiger partial charge in [0.1, 0.15) is 6.04 Å². The molecule has 0 fully saturated rings. The molecular formula is C32H30BrF3N6O3. The standard InChI is InChI=1S/C32H29F3N6O3.BrH/c1-19(2)22-10-13-39(14-11-22)15-12-23-16-21(18-36)8-9-26(23)28-27(29(42)44-4)20(3)40(30-37-38-31(43)41(28)30)25-7-5-6-24(17-25)32(33,34)35;/h5-11,13-14,16-17,19,28H,12,15H2,1-4H3;1H/t28-;/m1./s1. The molecule has 2 aromatic heterocycles. The van der Waals surface area contributed by atoms with Crippen LogP contribution in [-0.2, 0) is 28.7 Å². The third kappa shape index (κ3) is 6.42. The van der Waals surface area contributed by atoms with Crippen molar-refractivity contribution < 1.29 is 44.3 Å². The van der Waals surface area contributed by atoms with Crippen LogP contribution in [0.1, 0.15) is 60.5 Å². The third-order valence-corrected chi connectivity index (χ3v) is 7.77. The molecule has 1 atom stereocenters. The fourth-order valence-electron chi connectivity index (χ4n) is 5.49. The van der Waals surface area contributed by atoms with Gasteiger partial charge in [-0.1, -0.05) is 26.0 Å². The van der Waals surface area contributed by atoms with Gasteiger partial charge in [0.05, 0.1) is 29.9 Å². The Morgan fingerprint density at radius 3 is 2.49 bits per heavy atom. The summed E-state index contributed by atoms with van der Waals surface area (Å²) >= 11 is 0. The number of allylic oxidation sites excluding steroid dienone is 1. The van der Waals surface area contributed by atoms with E-state index < -0.39 is 29.4 Å². The van der Waals surface area contributed by atoms with Gasteiger partial charge in [0.2, 0.25) is 5.95 Å². The van der Waals surface area contributed by atoms with Crippen molar-refractivity contribution in [3.63, 3.8) is 0 Å². The summed E-state index contributed by atoms with van der Waals surface area (Å²) in [4.78, 5) is 28.1. The number of anilines is 2. The van der Waals surface area contributed by atoms with Gasteiger partial charge in [0.15, 0.2) is 18.9 Å². The number of nitrogens with one attached hydrogen (secondary N) is 1. The van der Waals surface area contributed by atoms with Gasteiger partial charge in [-0.25, -0.2) is 23.8 Å². The molecule has 1 aliphatic heterocycles. The van der Waals surface area contributed by atoms with E-state index >= 15 is 0 Å². The summed E-state index contributed by atoms with van der Waals surface area (Å²) in [7, 11) is 1.19. The number of fused-ring (bicyclic) bond motifs is 1. The van der Waals surface area contributed by atoms with E-state index in [1.54, 1.807) is 25.1 Å². The highest BCUT2D eigenvalue weighted by Gasteiger charge is 2.41. The highest BCUT2D eigenvalue weighted by Crippen LogP contribution is 2.43. The van der Waals surface area contributed by atoms with Crippen LogP contribution < -0.4 is 32.1 Å². The number of aromatic amines is 1. The molecule has 2 aromatic carbocycles.